The van der Waals surface area contributed by atoms with Crippen LogP contribution in [0.2, 0.25) is 0 Å². The molecule has 1 aliphatic rings. The van der Waals surface area contributed by atoms with E-state index in [0.29, 0.717) is 0 Å². The van der Waals surface area contributed by atoms with Gasteiger partial charge in [0, 0.05) is 0 Å². The van der Waals surface area contributed by atoms with Crippen molar-refractivity contribution in [2.75, 3.05) is 19.0 Å². The average Bonchev–Trinajstić information content (AvgIpc) is 2.36. The van der Waals surface area contributed by atoms with Gasteiger partial charge < -0.3 is 39.6 Å². The van der Waals surface area contributed by atoms with Gasteiger partial charge in [0.15, 0.2) is 6.29 Å². The second-order valence-corrected chi connectivity index (χ2v) is 5.86. The van der Waals surface area contributed by atoms with Gasteiger partial charge in [-0.1, -0.05) is 0 Å². The second-order valence-electron chi connectivity index (χ2n) is 4.41. The summed E-state index contributed by atoms with van der Waals surface area (Å²) in [4.78, 5) is 0. The maximum Gasteiger partial charge on any atom is 0.186 e. The van der Waals surface area contributed by atoms with E-state index in [2.05, 4.69) is 0 Å². The third-order valence-corrected chi connectivity index (χ3v) is 3.44. The Morgan fingerprint density at radius 3 is 2.30 bits per heavy atom. The molecule has 1 saturated heterocycles. The normalized spacial score (nSPS) is 36.8. The molecule has 0 aromatic rings. The summed E-state index contributed by atoms with van der Waals surface area (Å²) in [6.07, 6.45) is -9.67. The summed E-state index contributed by atoms with van der Waals surface area (Å²) in [5.41, 5.74) is 0. The van der Waals surface area contributed by atoms with Crippen molar-refractivity contribution in [2.24, 2.45) is 0 Å². The second kappa shape index (κ2) is 7.06. The summed E-state index contributed by atoms with van der Waals surface area (Å²) in [6.45, 7) is -1.08. The first kappa shape index (κ1) is 17.7. The zero-order valence-corrected chi connectivity index (χ0v) is 11.1. The van der Waals surface area contributed by atoms with Gasteiger partial charge in [-0.25, -0.2) is 8.42 Å². The number of hydrogen-bond donors (Lipinski definition) is 5. The molecule has 0 spiro atoms. The third-order valence-electron chi connectivity index (χ3n) is 2.70. The van der Waals surface area contributed by atoms with Crippen LogP contribution in [0.4, 0.5) is 0 Å². The Hall–Kier alpha value is -0.370. The lowest BCUT2D eigenvalue weighted by molar-refractivity contribution is -0.296. The van der Waals surface area contributed by atoms with Crippen molar-refractivity contribution in [1.82, 2.24) is 0 Å². The van der Waals surface area contributed by atoms with Gasteiger partial charge >= 0.3 is 0 Å². The molecule has 120 valence electrons. The Balaban J connectivity index is 2.70. The maximum absolute atomic E-state index is 10.6. The lowest BCUT2D eigenvalue weighted by atomic mass is 10.00. The van der Waals surface area contributed by atoms with E-state index in [4.69, 9.17) is 19.7 Å². The van der Waals surface area contributed by atoms with Gasteiger partial charge in [-0.3, -0.25) is 0 Å². The van der Waals surface area contributed by atoms with Crippen LogP contribution in [0.1, 0.15) is 0 Å². The highest BCUT2D eigenvalue weighted by molar-refractivity contribution is 7.85. The summed E-state index contributed by atoms with van der Waals surface area (Å²) in [5.74, 6) is -1.11. The van der Waals surface area contributed by atoms with Gasteiger partial charge in [-0.05, 0) is 0 Å². The van der Waals surface area contributed by atoms with Crippen molar-refractivity contribution in [3.05, 3.63) is 0 Å². The predicted molar refractivity (Wildman–Crippen MR) is 60.3 cm³/mol. The van der Waals surface area contributed by atoms with Gasteiger partial charge in [-0.15, -0.1) is 0 Å². The topological polar surface area (TPSA) is 177 Å². The highest BCUT2D eigenvalue weighted by Crippen LogP contribution is 2.23. The molecule has 11 heteroatoms. The van der Waals surface area contributed by atoms with Gasteiger partial charge in [0.25, 0.3) is 0 Å². The van der Waals surface area contributed by atoms with Crippen LogP contribution in [0.5, 0.6) is 0 Å². The monoisotopic (exact) mass is 317 g/mol. The lowest BCUT2D eigenvalue weighted by Crippen LogP contribution is -2.60. The SMILES string of the molecule is O=S(=O)([O-])C[C@H]1O[C@H](OC[C@H](O)CO)[C@H](O)[C@@H](O)[C@@H]1O. The first-order valence-corrected chi connectivity index (χ1v) is 7.27. The van der Waals surface area contributed by atoms with Crippen LogP contribution in [-0.4, -0.2) is 94.3 Å². The number of aliphatic hydroxyl groups excluding tert-OH is 5. The first-order valence-electron chi connectivity index (χ1n) is 5.69. The molecule has 20 heavy (non-hydrogen) atoms. The number of rotatable bonds is 6. The van der Waals surface area contributed by atoms with Gasteiger partial charge in [-0.2, -0.15) is 0 Å². The quantitative estimate of drug-likeness (QED) is 0.301. The van der Waals surface area contributed by atoms with Crippen LogP contribution < -0.4 is 0 Å². The molecule has 5 N–H and O–H groups in total. The molecule has 1 fully saturated rings. The molecule has 0 amide bonds. The largest absolute Gasteiger partial charge is 0.748 e. The Kier molecular flexibility index (Phi) is 6.25. The van der Waals surface area contributed by atoms with Crippen LogP contribution in [-0.2, 0) is 19.6 Å². The van der Waals surface area contributed by atoms with E-state index in [1.165, 1.54) is 0 Å². The van der Waals surface area contributed by atoms with Gasteiger partial charge in [0.05, 0.1) is 29.1 Å². The van der Waals surface area contributed by atoms with E-state index >= 15 is 0 Å². The van der Waals surface area contributed by atoms with Crippen molar-refractivity contribution in [3.63, 3.8) is 0 Å². The summed E-state index contributed by atoms with van der Waals surface area (Å²) in [7, 11) is -4.73. The number of ether oxygens (including phenoxy) is 2. The summed E-state index contributed by atoms with van der Waals surface area (Å²) in [5, 5.41) is 46.3. The average molecular weight is 317 g/mol. The van der Waals surface area contributed by atoms with Crippen LogP contribution in [0.15, 0.2) is 0 Å². The molecule has 0 unspecified atom stereocenters. The molecular weight excluding hydrogens is 300 g/mol. The van der Waals surface area contributed by atoms with Gasteiger partial charge in [0.2, 0.25) is 0 Å². The fourth-order valence-corrected chi connectivity index (χ4v) is 2.33. The van der Waals surface area contributed by atoms with E-state index in [1.54, 1.807) is 0 Å². The van der Waals surface area contributed by atoms with Crippen LogP contribution in [0.25, 0.3) is 0 Å². The minimum Gasteiger partial charge on any atom is -0.748 e. The van der Waals surface area contributed by atoms with E-state index in [1.807, 2.05) is 0 Å². The molecule has 10 nitrogen and oxygen atoms in total. The molecule has 0 aliphatic carbocycles. The van der Waals surface area contributed by atoms with E-state index in [0.717, 1.165) is 0 Å². The van der Waals surface area contributed by atoms with Crippen LogP contribution >= 0.6 is 0 Å². The molecule has 6 atom stereocenters. The Bertz CT molecular complexity index is 398. The van der Waals surface area contributed by atoms with Crippen molar-refractivity contribution in [2.45, 2.75) is 36.8 Å². The summed E-state index contributed by atoms with van der Waals surface area (Å²) < 4.78 is 41.7. The van der Waals surface area contributed by atoms with Crippen LogP contribution in [0, 0.1) is 0 Å². The minimum absolute atomic E-state index is 0.460. The van der Waals surface area contributed by atoms with Crippen molar-refractivity contribution in [3.8, 4) is 0 Å². The summed E-state index contributed by atoms with van der Waals surface area (Å²) >= 11 is 0. The Labute approximate surface area is 114 Å². The standard InChI is InChI=1S/C9H18O10S/c10-1-4(11)2-18-9-8(14)7(13)6(12)5(19-9)3-20(15,16)17/h4-14H,1-3H2,(H,15,16,17)/p-1/t4-,5-,6-,7+,8-,9+/m1/s1. The minimum atomic E-state index is -4.73. The highest BCUT2D eigenvalue weighted by Gasteiger charge is 2.44. The first-order chi connectivity index (χ1) is 9.15. The molecule has 1 aliphatic heterocycles. The fourth-order valence-electron chi connectivity index (χ4n) is 1.65. The zero-order valence-electron chi connectivity index (χ0n) is 10.3. The Morgan fingerprint density at radius 2 is 1.80 bits per heavy atom. The van der Waals surface area contributed by atoms with Crippen molar-refractivity contribution >= 4 is 10.1 Å². The summed E-state index contributed by atoms with van der Waals surface area (Å²) in [6, 6.07) is 0. The molecule has 0 saturated carbocycles. The predicted octanol–water partition coefficient (Wildman–Crippen LogP) is -4.29. The van der Waals surface area contributed by atoms with E-state index in [9.17, 15) is 28.3 Å². The number of hydrogen-bond acceptors (Lipinski definition) is 10. The molecule has 1 heterocycles. The molecule has 0 radical (unpaired) electrons. The van der Waals surface area contributed by atoms with E-state index < -0.39 is 65.9 Å². The molecule has 0 aromatic carbocycles. The number of aliphatic hydroxyl groups is 5. The molecule has 0 aromatic heterocycles. The third kappa shape index (κ3) is 4.87. The smallest absolute Gasteiger partial charge is 0.186 e. The Morgan fingerprint density at radius 1 is 1.20 bits per heavy atom. The fraction of sp³-hybridized carbons (Fsp3) is 1.00. The van der Waals surface area contributed by atoms with Crippen molar-refractivity contribution < 1.29 is 48.0 Å². The lowest BCUT2D eigenvalue weighted by Gasteiger charge is -2.40. The molecule has 1 rings (SSSR count). The zero-order chi connectivity index (χ0) is 15.5. The molecular formula is C9H17O10S-. The van der Waals surface area contributed by atoms with Gasteiger partial charge in [0.1, 0.15) is 30.5 Å². The maximum atomic E-state index is 10.6. The molecule has 0 bridgehead atoms. The van der Waals surface area contributed by atoms with Crippen LogP contribution in [0.3, 0.4) is 0 Å². The highest BCUT2D eigenvalue weighted by atomic mass is 32.2. The van der Waals surface area contributed by atoms with E-state index in [-0.39, 0.29) is 0 Å². The van der Waals surface area contributed by atoms with Crippen molar-refractivity contribution in [1.29, 1.82) is 0 Å².